The molecule has 2 aliphatic carbocycles. The molecule has 1 saturated heterocycles. The topological polar surface area (TPSA) is 115 Å². The number of halogens is 2. The average molecular weight is 571 g/mol. The minimum atomic E-state index is -2.80. The molecule has 3 aliphatic rings. The van der Waals surface area contributed by atoms with E-state index < -0.39 is 6.43 Å². The molecule has 3 aromatic rings. The molecule has 41 heavy (non-hydrogen) atoms. The minimum absolute atomic E-state index is 0.0718. The summed E-state index contributed by atoms with van der Waals surface area (Å²) < 4.78 is 41.4. The number of aliphatic hydroxyl groups excluding tert-OH is 1. The molecule has 3 heterocycles. The fourth-order valence-electron chi connectivity index (χ4n) is 6.07. The van der Waals surface area contributed by atoms with Gasteiger partial charge in [-0.1, -0.05) is 12.1 Å². The van der Waals surface area contributed by atoms with Crippen LogP contribution in [0.5, 0.6) is 5.88 Å². The molecule has 3 fully saturated rings. The van der Waals surface area contributed by atoms with E-state index >= 15 is 0 Å². The normalized spacial score (nSPS) is 25.4. The lowest BCUT2D eigenvalue weighted by Crippen LogP contribution is -2.43. The predicted molar refractivity (Wildman–Crippen MR) is 147 cm³/mol. The van der Waals surface area contributed by atoms with E-state index in [1.165, 1.54) is 4.57 Å². The number of morpholine rings is 1. The molecule has 2 saturated carbocycles. The lowest BCUT2D eigenvalue weighted by molar-refractivity contribution is -0.127. The number of hydrogen-bond acceptors (Lipinski definition) is 8. The first kappa shape index (κ1) is 27.8. The summed E-state index contributed by atoms with van der Waals surface area (Å²) in [5.41, 5.74) is 0.984. The van der Waals surface area contributed by atoms with Crippen LogP contribution in [-0.2, 0) is 9.53 Å². The van der Waals surface area contributed by atoms with Crippen molar-refractivity contribution < 1.29 is 28.2 Å². The first-order chi connectivity index (χ1) is 19.9. The fourth-order valence-corrected chi connectivity index (χ4v) is 6.07. The highest BCUT2D eigenvalue weighted by Gasteiger charge is 2.31. The Morgan fingerprint density at radius 2 is 1.73 bits per heavy atom. The lowest BCUT2D eigenvalue weighted by Gasteiger charge is -2.31. The molecule has 2 aromatic heterocycles. The second kappa shape index (κ2) is 12.2. The molecule has 220 valence electrons. The van der Waals surface area contributed by atoms with Crippen LogP contribution in [0.3, 0.4) is 0 Å². The number of nitrogens with zero attached hydrogens (tertiary/aromatic N) is 5. The van der Waals surface area contributed by atoms with Gasteiger partial charge >= 0.3 is 0 Å². The van der Waals surface area contributed by atoms with Gasteiger partial charge < -0.3 is 24.8 Å². The van der Waals surface area contributed by atoms with Crippen molar-refractivity contribution in [3.05, 3.63) is 36.2 Å². The number of anilines is 1. The van der Waals surface area contributed by atoms with Crippen LogP contribution in [0, 0.1) is 5.92 Å². The largest absolute Gasteiger partial charge is 0.474 e. The van der Waals surface area contributed by atoms with E-state index in [0.29, 0.717) is 74.8 Å². The smallest absolute Gasteiger partial charge is 0.296 e. The zero-order chi connectivity index (χ0) is 28.3. The number of alkyl halides is 2. The molecule has 1 aromatic carbocycles. The number of hydrogen-bond donors (Lipinski definition) is 2. The monoisotopic (exact) mass is 570 g/mol. The molecule has 0 spiro atoms. The molecule has 1 aliphatic heterocycles. The number of aliphatic hydroxyl groups is 1. The Hall–Kier alpha value is -3.38. The maximum Gasteiger partial charge on any atom is 0.296 e. The van der Waals surface area contributed by atoms with Gasteiger partial charge in [0.2, 0.25) is 17.7 Å². The van der Waals surface area contributed by atoms with E-state index in [0.717, 1.165) is 25.7 Å². The molecular formula is C29H36F2N6O4. The van der Waals surface area contributed by atoms with E-state index in [1.807, 2.05) is 4.90 Å². The Bertz CT molecular complexity index is 1350. The van der Waals surface area contributed by atoms with Crippen LogP contribution in [0.2, 0.25) is 0 Å². The Morgan fingerprint density at radius 3 is 2.46 bits per heavy atom. The van der Waals surface area contributed by atoms with Crippen molar-refractivity contribution in [2.45, 2.75) is 76.0 Å². The van der Waals surface area contributed by atoms with Crippen molar-refractivity contribution in [1.82, 2.24) is 24.8 Å². The molecule has 12 heteroatoms. The summed E-state index contributed by atoms with van der Waals surface area (Å²) in [6, 6.07) is 8.72. The van der Waals surface area contributed by atoms with Crippen molar-refractivity contribution in [3.63, 3.8) is 0 Å². The molecule has 0 radical (unpaired) electrons. The Kier molecular flexibility index (Phi) is 8.29. The van der Waals surface area contributed by atoms with Crippen LogP contribution in [0.25, 0.3) is 16.9 Å². The third-order valence-corrected chi connectivity index (χ3v) is 8.36. The summed E-state index contributed by atoms with van der Waals surface area (Å²) in [5, 5.41) is 12.9. The third-order valence-electron chi connectivity index (χ3n) is 8.36. The number of carbonyl (C=O) groups excluding carboxylic acids is 1. The number of imidazole rings is 1. The van der Waals surface area contributed by atoms with Gasteiger partial charge in [0, 0.05) is 31.1 Å². The Balaban J connectivity index is 1.20. The van der Waals surface area contributed by atoms with Crippen LogP contribution in [0.1, 0.15) is 63.6 Å². The molecule has 6 rings (SSSR count). The predicted octanol–water partition coefficient (Wildman–Crippen LogP) is 3.95. The van der Waals surface area contributed by atoms with Crippen molar-refractivity contribution >= 4 is 22.9 Å². The highest BCUT2D eigenvalue weighted by Crippen LogP contribution is 2.32. The van der Waals surface area contributed by atoms with Crippen molar-refractivity contribution in [3.8, 4) is 11.7 Å². The van der Waals surface area contributed by atoms with E-state index in [1.54, 1.807) is 30.3 Å². The minimum Gasteiger partial charge on any atom is -0.474 e. The van der Waals surface area contributed by atoms with Crippen LogP contribution in [0.4, 0.5) is 14.7 Å². The van der Waals surface area contributed by atoms with E-state index in [2.05, 4.69) is 20.3 Å². The van der Waals surface area contributed by atoms with Gasteiger partial charge in [0.15, 0.2) is 5.82 Å². The van der Waals surface area contributed by atoms with Crippen LogP contribution in [0.15, 0.2) is 30.3 Å². The summed E-state index contributed by atoms with van der Waals surface area (Å²) in [6.45, 7) is 2.20. The first-order valence-electron chi connectivity index (χ1n) is 14.6. The number of aromatic nitrogens is 4. The molecule has 0 bridgehead atoms. The van der Waals surface area contributed by atoms with Gasteiger partial charge in [0.25, 0.3) is 6.43 Å². The summed E-state index contributed by atoms with van der Waals surface area (Å²) >= 11 is 0. The standard InChI is InChI=1S/C29H36F2N6O4/c30-26(31)27-33-22-3-1-2-4-23(22)37(27)24-17-25(35-29(34-24)36-13-15-40-16-14-36)41-21-11-5-18(6-12-21)28(39)32-19-7-9-20(38)10-8-19/h1-4,17-21,26,38H,5-16H2,(H,32,39)/t18-,19?,20?,21-. The third kappa shape index (κ3) is 6.28. The molecule has 0 atom stereocenters. The van der Waals surface area contributed by atoms with Crippen molar-refractivity contribution in [1.29, 1.82) is 0 Å². The number of fused-ring (bicyclic) bond motifs is 1. The summed E-state index contributed by atoms with van der Waals surface area (Å²) in [7, 11) is 0. The van der Waals surface area contributed by atoms with Gasteiger partial charge in [-0.2, -0.15) is 9.97 Å². The zero-order valence-electron chi connectivity index (χ0n) is 22.9. The number of carbonyl (C=O) groups is 1. The van der Waals surface area contributed by atoms with Crippen molar-refractivity contribution in [2.24, 2.45) is 5.92 Å². The number of amides is 1. The SMILES string of the molecule is O=C(NC1CCC(O)CC1)[C@H]1CC[C@H](Oc2cc(-n3c(C(F)F)nc4ccccc43)nc(N3CCOCC3)n2)CC1. The Morgan fingerprint density at radius 1 is 1.00 bits per heavy atom. The number of benzene rings is 1. The fraction of sp³-hybridized carbons (Fsp3) is 0.586. The van der Waals surface area contributed by atoms with Crippen LogP contribution < -0.4 is 15.0 Å². The van der Waals surface area contributed by atoms with Crippen LogP contribution >= 0.6 is 0 Å². The number of ether oxygens (including phenoxy) is 2. The van der Waals surface area contributed by atoms with E-state index in [-0.39, 0.29) is 41.7 Å². The summed E-state index contributed by atoms with van der Waals surface area (Å²) in [5.74, 6) is 0.592. The lowest BCUT2D eigenvalue weighted by atomic mass is 9.86. The molecule has 0 unspecified atom stereocenters. The highest BCUT2D eigenvalue weighted by molar-refractivity contribution is 5.79. The number of nitrogens with one attached hydrogen (secondary N) is 1. The van der Waals surface area contributed by atoms with Gasteiger partial charge in [-0.3, -0.25) is 9.36 Å². The maximum atomic E-state index is 14.1. The molecule has 2 N–H and O–H groups in total. The highest BCUT2D eigenvalue weighted by atomic mass is 19.3. The maximum absolute atomic E-state index is 14.1. The van der Waals surface area contributed by atoms with Gasteiger partial charge in [0.05, 0.1) is 30.4 Å². The Labute approximate surface area is 237 Å². The van der Waals surface area contributed by atoms with Gasteiger partial charge in [0.1, 0.15) is 11.9 Å². The average Bonchev–Trinajstić information content (AvgIpc) is 3.39. The van der Waals surface area contributed by atoms with E-state index in [4.69, 9.17) is 9.47 Å². The van der Waals surface area contributed by atoms with Gasteiger partial charge in [-0.25, -0.2) is 13.8 Å². The first-order valence-corrected chi connectivity index (χ1v) is 14.6. The quantitative estimate of drug-likeness (QED) is 0.439. The molecule has 10 nitrogen and oxygen atoms in total. The van der Waals surface area contributed by atoms with Crippen LogP contribution in [-0.4, -0.2) is 75.1 Å². The van der Waals surface area contributed by atoms with Crippen molar-refractivity contribution in [2.75, 3.05) is 31.2 Å². The number of rotatable bonds is 7. The van der Waals surface area contributed by atoms with Gasteiger partial charge in [-0.05, 0) is 63.5 Å². The second-order valence-corrected chi connectivity index (χ2v) is 11.2. The summed E-state index contributed by atoms with van der Waals surface area (Å²) in [4.78, 5) is 28.4. The van der Waals surface area contributed by atoms with E-state index in [9.17, 15) is 18.7 Å². The second-order valence-electron chi connectivity index (χ2n) is 11.2. The molecule has 1 amide bonds. The molecular weight excluding hydrogens is 534 g/mol. The summed E-state index contributed by atoms with van der Waals surface area (Å²) in [6.07, 6.45) is 2.64. The zero-order valence-corrected chi connectivity index (χ0v) is 22.9. The van der Waals surface area contributed by atoms with Gasteiger partial charge in [-0.15, -0.1) is 0 Å². The number of para-hydroxylation sites is 2.